The van der Waals surface area contributed by atoms with Crippen molar-refractivity contribution in [3.63, 3.8) is 0 Å². The maximum absolute atomic E-state index is 13.6. The molecule has 8 nitrogen and oxygen atoms in total. The predicted molar refractivity (Wildman–Crippen MR) is 148 cm³/mol. The molecular formula is C24H13BCl5F2N2O6. The van der Waals surface area contributed by atoms with Crippen LogP contribution in [0.4, 0.5) is 8.78 Å². The Labute approximate surface area is 251 Å². The molecule has 0 aliphatic carbocycles. The van der Waals surface area contributed by atoms with E-state index >= 15 is 0 Å². The number of carboxylic acids is 2. The van der Waals surface area contributed by atoms with Crippen molar-refractivity contribution in [3.05, 3.63) is 109 Å². The van der Waals surface area contributed by atoms with Gasteiger partial charge in [-0.25, -0.2) is 28.3 Å². The van der Waals surface area contributed by atoms with Crippen LogP contribution >= 0.6 is 58.0 Å². The number of benzene rings is 2. The smallest absolute Gasteiger partial charge is 0.535 e. The summed E-state index contributed by atoms with van der Waals surface area (Å²) in [5, 5.41) is 25.2. The van der Waals surface area contributed by atoms with Crippen molar-refractivity contribution < 1.29 is 38.3 Å². The van der Waals surface area contributed by atoms with E-state index in [4.69, 9.17) is 73.2 Å². The summed E-state index contributed by atoms with van der Waals surface area (Å²) < 4.78 is 30.5. The number of carboxylic acid groups (broad SMARTS) is 2. The largest absolute Gasteiger partial charge is 0.569 e. The average Bonchev–Trinajstić information content (AvgIpc) is 2.90. The Morgan fingerprint density at radius 1 is 0.725 bits per heavy atom. The molecule has 0 saturated carbocycles. The van der Waals surface area contributed by atoms with Crippen LogP contribution in [-0.4, -0.2) is 44.8 Å². The lowest BCUT2D eigenvalue weighted by molar-refractivity contribution is 0.0685. The van der Waals surface area contributed by atoms with Gasteiger partial charge >= 0.3 is 19.6 Å². The third kappa shape index (κ3) is 9.19. The first-order chi connectivity index (χ1) is 18.9. The van der Waals surface area contributed by atoms with E-state index in [9.17, 15) is 18.4 Å². The molecule has 40 heavy (non-hydrogen) atoms. The number of halogens is 7. The highest BCUT2D eigenvalue weighted by Gasteiger charge is 2.17. The Bertz CT molecular complexity index is 1530. The number of hydrogen-bond donors (Lipinski definition) is 3. The predicted octanol–water partition coefficient (Wildman–Crippen LogP) is 7.36. The fourth-order valence-electron chi connectivity index (χ4n) is 2.65. The van der Waals surface area contributed by atoms with E-state index in [-0.39, 0.29) is 53.6 Å². The molecule has 0 bridgehead atoms. The molecule has 16 heteroatoms. The molecule has 3 N–H and O–H groups in total. The third-order valence-corrected chi connectivity index (χ3v) is 5.96. The molecule has 4 aromatic rings. The van der Waals surface area contributed by atoms with Gasteiger partial charge in [0.05, 0.1) is 26.9 Å². The molecule has 2 heterocycles. The molecule has 0 aliphatic rings. The summed E-state index contributed by atoms with van der Waals surface area (Å²) >= 11 is 28.1. The minimum absolute atomic E-state index is 0.00772. The lowest BCUT2D eigenvalue weighted by Crippen LogP contribution is -2.01. The second kappa shape index (κ2) is 15.6. The van der Waals surface area contributed by atoms with E-state index in [1.54, 1.807) is 18.2 Å². The van der Waals surface area contributed by atoms with Crippen molar-refractivity contribution >= 4 is 77.6 Å². The molecule has 0 amide bonds. The number of nitrogens with zero attached hydrogens (tertiary/aromatic N) is 2. The van der Waals surface area contributed by atoms with Crippen LogP contribution in [0.15, 0.2) is 60.7 Å². The Balaban J connectivity index is 0.000000222. The highest BCUT2D eigenvalue weighted by molar-refractivity contribution is 6.42. The molecule has 2 aromatic carbocycles. The van der Waals surface area contributed by atoms with E-state index in [1.165, 1.54) is 30.3 Å². The van der Waals surface area contributed by atoms with E-state index in [0.717, 1.165) is 12.1 Å². The molecule has 2 aromatic heterocycles. The van der Waals surface area contributed by atoms with Crippen LogP contribution < -0.4 is 4.65 Å². The van der Waals surface area contributed by atoms with Gasteiger partial charge in [0.2, 0.25) is 0 Å². The van der Waals surface area contributed by atoms with Crippen LogP contribution in [0.2, 0.25) is 25.5 Å². The minimum Gasteiger partial charge on any atom is -0.535 e. The number of rotatable bonds is 5. The van der Waals surface area contributed by atoms with Gasteiger partial charge in [0.15, 0.2) is 5.82 Å². The summed E-state index contributed by atoms with van der Waals surface area (Å²) in [6.45, 7) is 0. The molecule has 0 atom stereocenters. The van der Waals surface area contributed by atoms with Crippen molar-refractivity contribution in [2.45, 2.75) is 0 Å². The zero-order chi connectivity index (χ0) is 30.0. The Hall–Kier alpha value is -3.19. The quantitative estimate of drug-likeness (QED) is 0.151. The molecule has 0 spiro atoms. The van der Waals surface area contributed by atoms with Gasteiger partial charge < -0.3 is 19.9 Å². The third-order valence-electron chi connectivity index (χ3n) is 4.42. The molecule has 0 unspecified atom stereocenters. The maximum atomic E-state index is 13.6. The summed E-state index contributed by atoms with van der Waals surface area (Å²) in [7, 11) is 0.443. The van der Waals surface area contributed by atoms with Gasteiger partial charge in [-0.2, -0.15) is 0 Å². The molecule has 1 radical (unpaired) electrons. The molecule has 4 rings (SSSR count). The zero-order valence-corrected chi connectivity index (χ0v) is 23.2. The monoisotopic (exact) mass is 649 g/mol. The van der Waals surface area contributed by atoms with Crippen LogP contribution in [-0.2, 0) is 0 Å². The van der Waals surface area contributed by atoms with Gasteiger partial charge in [0, 0.05) is 5.56 Å². The minimum atomic E-state index is -1.24. The lowest BCUT2D eigenvalue weighted by Gasteiger charge is -2.07. The van der Waals surface area contributed by atoms with Crippen LogP contribution in [0.5, 0.6) is 5.75 Å². The second-order valence-corrected chi connectivity index (χ2v) is 8.89. The first-order valence-corrected chi connectivity index (χ1v) is 12.2. The van der Waals surface area contributed by atoms with Crippen molar-refractivity contribution in [1.82, 2.24) is 9.97 Å². The molecule has 0 saturated heterocycles. The standard InChI is InChI=1S/C12H6Cl2FNO2.C6H5BFO2.C6H2Cl3NO2/c13-8-5-7(12(17)18)11(14)16-10(8)6-3-1-2-4-9(6)15;8-5-3-1-2-4-6(5)10-7-9;7-3-1-2(6(11)12)4(8)10-5(3)9/h1-5H,(H,17,18);1-4,9H;1H,(H,11,12). The summed E-state index contributed by atoms with van der Waals surface area (Å²) in [6.07, 6.45) is 0. The number of hydrogen-bond acceptors (Lipinski definition) is 6. The van der Waals surface area contributed by atoms with Crippen molar-refractivity contribution in [2.75, 3.05) is 0 Å². The van der Waals surface area contributed by atoms with Gasteiger partial charge in [-0.3, -0.25) is 0 Å². The van der Waals surface area contributed by atoms with Gasteiger partial charge in [0.1, 0.15) is 27.0 Å². The van der Waals surface area contributed by atoms with Gasteiger partial charge in [0.25, 0.3) is 0 Å². The summed E-state index contributed by atoms with van der Waals surface area (Å²) in [5.41, 5.74) is -0.0982. The number of aromatic nitrogens is 2. The number of carbonyl (C=O) groups is 2. The lowest BCUT2D eigenvalue weighted by atomic mass is 10.1. The van der Waals surface area contributed by atoms with Crippen LogP contribution in [0, 0.1) is 11.6 Å². The summed E-state index contributed by atoms with van der Waals surface area (Å²) in [6, 6.07) is 14.0. The average molecular weight is 651 g/mol. The van der Waals surface area contributed by atoms with Crippen LogP contribution in [0.25, 0.3) is 11.3 Å². The van der Waals surface area contributed by atoms with E-state index in [2.05, 4.69) is 14.6 Å². The Kier molecular flexibility index (Phi) is 12.8. The number of para-hydroxylation sites is 1. The topological polar surface area (TPSA) is 130 Å². The van der Waals surface area contributed by atoms with E-state index in [1.807, 2.05) is 0 Å². The first kappa shape index (κ1) is 33.0. The maximum Gasteiger partial charge on any atom is 0.569 e. The molecular weight excluding hydrogens is 638 g/mol. The Morgan fingerprint density at radius 2 is 1.23 bits per heavy atom. The first-order valence-electron chi connectivity index (χ1n) is 10.3. The van der Waals surface area contributed by atoms with Gasteiger partial charge in [-0.15, -0.1) is 0 Å². The fraction of sp³-hybridized carbons (Fsp3) is 0. The molecule has 207 valence electrons. The normalized spacial score (nSPS) is 9.90. The summed E-state index contributed by atoms with van der Waals surface area (Å²) in [4.78, 5) is 28.6. The zero-order valence-electron chi connectivity index (χ0n) is 19.5. The Morgan fingerprint density at radius 3 is 1.75 bits per heavy atom. The van der Waals surface area contributed by atoms with Crippen LogP contribution in [0.1, 0.15) is 20.7 Å². The highest BCUT2D eigenvalue weighted by atomic mass is 35.5. The van der Waals surface area contributed by atoms with Gasteiger partial charge in [-0.1, -0.05) is 82.3 Å². The SMILES string of the molecule is O=C(O)c1cc(Cl)c(-c2ccccc2F)nc1Cl.O=C(O)c1cc(Cl)c(Cl)nc1Cl.O[B]Oc1ccccc1F. The molecule has 0 aliphatic heterocycles. The van der Waals surface area contributed by atoms with Crippen molar-refractivity contribution in [1.29, 1.82) is 0 Å². The number of pyridine rings is 2. The van der Waals surface area contributed by atoms with Crippen molar-refractivity contribution in [3.8, 4) is 17.0 Å². The highest BCUT2D eigenvalue weighted by Crippen LogP contribution is 2.31. The van der Waals surface area contributed by atoms with Crippen molar-refractivity contribution in [2.24, 2.45) is 0 Å². The van der Waals surface area contributed by atoms with E-state index in [0.29, 0.717) is 7.69 Å². The van der Waals surface area contributed by atoms with Crippen LogP contribution in [0.3, 0.4) is 0 Å². The second-order valence-electron chi connectivity index (χ2n) is 7.00. The molecule has 0 fully saturated rings. The van der Waals surface area contributed by atoms with E-state index < -0.39 is 23.6 Å². The summed E-state index contributed by atoms with van der Waals surface area (Å²) in [5.74, 6) is -3.41. The van der Waals surface area contributed by atoms with Gasteiger partial charge in [-0.05, 0) is 36.4 Å². The fourth-order valence-corrected chi connectivity index (χ4v) is 3.68. The number of aromatic carboxylic acids is 2.